The van der Waals surface area contributed by atoms with Crippen LogP contribution < -0.4 is 6.15 Å². The molecular weight excluding hydrogens is 205 g/mol. The summed E-state index contributed by atoms with van der Waals surface area (Å²) >= 11 is 0. The molecule has 0 aromatic heterocycles. The first-order chi connectivity index (χ1) is 1.73. The molecule has 0 aliphatic rings. The van der Waals surface area contributed by atoms with Crippen LogP contribution in [0.1, 0.15) is 2.85 Å². The second kappa shape index (κ2) is 15.7. The molecule has 0 fully saturated rings. The predicted molar refractivity (Wildman–Crippen MR) is 23.7 cm³/mol. The van der Waals surface area contributed by atoms with Gasteiger partial charge in [0.1, 0.15) is 0 Å². The maximum absolute atomic E-state index is 8.56. The summed E-state index contributed by atoms with van der Waals surface area (Å²) in [5.74, 6) is 0. The molecule has 0 atom stereocenters. The molecule has 0 radical (unpaired) electrons. The van der Waals surface area contributed by atoms with Crippen LogP contribution in [0, 0.1) is 0 Å². The standard InChI is InChI=1S/CH2O3.Ca.H3N.Zr.2H/c2-1(3)4;;;;;/h(H2,2,3,4);;1H3;;;/q;+2;;;2*-1. The Kier molecular flexibility index (Phi) is 53.2. The first-order valence-corrected chi connectivity index (χ1v) is 0.651. The predicted octanol–water partition coefficient (Wildman–Crippen LogP) is 0.226. The second-order valence-electron chi connectivity index (χ2n) is 0.283. The molecule has 0 saturated heterocycles. The van der Waals surface area contributed by atoms with Gasteiger partial charge in [0.15, 0.2) is 0 Å². The molecule has 0 unspecified atom stereocenters. The molecule has 40 valence electrons. The van der Waals surface area contributed by atoms with Crippen molar-refractivity contribution < 1.29 is 44.1 Å². The van der Waals surface area contributed by atoms with Crippen molar-refractivity contribution in [2.24, 2.45) is 0 Å². The van der Waals surface area contributed by atoms with Crippen LogP contribution in [0.5, 0.6) is 0 Å². The zero-order chi connectivity index (χ0) is 3.58. The minimum absolute atomic E-state index is 0. The third-order valence-corrected chi connectivity index (χ3v) is 0. The summed E-state index contributed by atoms with van der Waals surface area (Å²) in [6.07, 6.45) is -1.83. The normalized spacial score (nSPS) is 3.43. The Bertz CT molecular complexity index is 44.8. The average Bonchev–Trinajstić information content (AvgIpc) is 0.811. The van der Waals surface area contributed by atoms with Gasteiger partial charge in [-0.1, -0.05) is 0 Å². The zero-order valence-corrected chi connectivity index (χ0v) is 8.38. The molecule has 4 nitrogen and oxygen atoms in total. The quantitative estimate of drug-likeness (QED) is 0.501. The van der Waals surface area contributed by atoms with E-state index >= 15 is 0 Å². The van der Waals surface area contributed by atoms with E-state index in [2.05, 4.69) is 0 Å². The maximum Gasteiger partial charge on any atom is 2.00 e. The molecule has 0 aromatic carbocycles. The fourth-order valence-corrected chi connectivity index (χ4v) is 0. The summed E-state index contributed by atoms with van der Waals surface area (Å²) in [5, 5.41) is 13.9. The van der Waals surface area contributed by atoms with Gasteiger partial charge in [-0.3, -0.25) is 0 Å². The van der Waals surface area contributed by atoms with Crippen molar-refractivity contribution in [3.8, 4) is 0 Å². The van der Waals surface area contributed by atoms with E-state index in [1.807, 2.05) is 0 Å². The maximum atomic E-state index is 8.56. The van der Waals surface area contributed by atoms with Crippen molar-refractivity contribution in [3.05, 3.63) is 0 Å². The van der Waals surface area contributed by atoms with E-state index < -0.39 is 6.16 Å². The Hall–Kier alpha value is 1.37. The molecule has 7 heavy (non-hydrogen) atoms. The van der Waals surface area contributed by atoms with Crippen LogP contribution >= 0.6 is 0 Å². The molecule has 5 N–H and O–H groups in total. The van der Waals surface area contributed by atoms with Gasteiger partial charge in [0.2, 0.25) is 0 Å². The molecule has 0 aliphatic heterocycles. The van der Waals surface area contributed by atoms with Gasteiger partial charge in [0.25, 0.3) is 0 Å². The average molecular weight is 212 g/mol. The molecule has 0 aromatic rings. The third-order valence-electron chi connectivity index (χ3n) is 0. The van der Waals surface area contributed by atoms with Crippen molar-refractivity contribution in [2.45, 2.75) is 0 Å². The monoisotopic (exact) mass is 211 g/mol. The van der Waals surface area contributed by atoms with Crippen LogP contribution in [0.25, 0.3) is 0 Å². The molecule has 0 heterocycles. The van der Waals surface area contributed by atoms with Crippen LogP contribution in [0.4, 0.5) is 4.79 Å². The minimum atomic E-state index is -1.83. The molecule has 0 amide bonds. The fraction of sp³-hybridized carbons (Fsp3) is 0. The minimum Gasteiger partial charge on any atom is -1.00 e. The Balaban J connectivity index is -0.00000000450. The topological polar surface area (TPSA) is 92.5 Å². The number of rotatable bonds is 0. The summed E-state index contributed by atoms with van der Waals surface area (Å²) < 4.78 is 0. The molecule has 0 saturated carbocycles. The third kappa shape index (κ3) is 113. The number of carbonyl (C=O) groups is 1. The largest absolute Gasteiger partial charge is 2.00 e. The number of hydrogen-bond acceptors (Lipinski definition) is 2. The van der Waals surface area contributed by atoms with Crippen LogP contribution in [-0.4, -0.2) is 54.1 Å². The summed E-state index contributed by atoms with van der Waals surface area (Å²) in [5.41, 5.74) is 0. The molecule has 6 heteroatoms. The smallest absolute Gasteiger partial charge is 1.00 e. The van der Waals surface area contributed by atoms with Crippen LogP contribution in [-0.2, 0) is 26.2 Å². The van der Waals surface area contributed by atoms with Gasteiger partial charge in [-0.15, -0.1) is 0 Å². The van der Waals surface area contributed by atoms with Gasteiger partial charge < -0.3 is 19.2 Å². The van der Waals surface area contributed by atoms with Crippen molar-refractivity contribution >= 4 is 43.9 Å². The summed E-state index contributed by atoms with van der Waals surface area (Å²) in [7, 11) is 0. The van der Waals surface area contributed by atoms with Gasteiger partial charge in [-0.25, -0.2) is 4.79 Å². The van der Waals surface area contributed by atoms with Crippen molar-refractivity contribution in [1.29, 1.82) is 0 Å². The summed E-state index contributed by atoms with van der Waals surface area (Å²) in [4.78, 5) is 8.56. The second-order valence-corrected chi connectivity index (χ2v) is 0.283. The van der Waals surface area contributed by atoms with Crippen LogP contribution in [0.15, 0.2) is 0 Å². The van der Waals surface area contributed by atoms with E-state index in [0.717, 1.165) is 0 Å². The molecule has 0 spiro atoms. The Labute approximate surface area is 93.0 Å². The van der Waals surface area contributed by atoms with E-state index in [1.54, 1.807) is 0 Å². The van der Waals surface area contributed by atoms with Gasteiger partial charge in [0.05, 0.1) is 0 Å². The van der Waals surface area contributed by atoms with Gasteiger partial charge in [-0.2, -0.15) is 0 Å². The fourth-order valence-electron chi connectivity index (χ4n) is 0. The summed E-state index contributed by atoms with van der Waals surface area (Å²) in [6.45, 7) is 0. The number of hydrogen-bond donors (Lipinski definition) is 3. The van der Waals surface area contributed by atoms with E-state index in [1.165, 1.54) is 0 Å². The molecule has 0 rings (SSSR count). The molecule has 0 bridgehead atoms. The van der Waals surface area contributed by atoms with E-state index in [9.17, 15) is 0 Å². The SMILES string of the molecule is N.O=C(O)O.[Ca+2].[H-].[H-].[Zr]. The Morgan fingerprint density at radius 1 is 1.43 bits per heavy atom. The first-order valence-electron chi connectivity index (χ1n) is 0.651. The summed E-state index contributed by atoms with van der Waals surface area (Å²) in [6, 6.07) is 0. The van der Waals surface area contributed by atoms with Gasteiger partial charge in [0, 0.05) is 26.2 Å². The number of carboxylic acid groups (broad SMARTS) is 2. The van der Waals surface area contributed by atoms with Crippen molar-refractivity contribution in [2.75, 3.05) is 0 Å². The van der Waals surface area contributed by atoms with Crippen molar-refractivity contribution in [1.82, 2.24) is 6.15 Å². The first kappa shape index (κ1) is 23.8. The van der Waals surface area contributed by atoms with E-state index in [-0.39, 0.29) is 72.9 Å². The van der Waals surface area contributed by atoms with Crippen LogP contribution in [0.3, 0.4) is 0 Å². The molecular formula is CH7CaNO3Zr. The van der Waals surface area contributed by atoms with Gasteiger partial charge >= 0.3 is 43.9 Å². The van der Waals surface area contributed by atoms with E-state index in [0.29, 0.717) is 0 Å². The molecule has 0 aliphatic carbocycles. The Morgan fingerprint density at radius 2 is 1.43 bits per heavy atom. The zero-order valence-electron chi connectivity index (χ0n) is 5.72. The van der Waals surface area contributed by atoms with Crippen molar-refractivity contribution in [3.63, 3.8) is 0 Å². The van der Waals surface area contributed by atoms with Gasteiger partial charge in [-0.05, 0) is 0 Å². The van der Waals surface area contributed by atoms with Crippen LogP contribution in [0.2, 0.25) is 0 Å². The Morgan fingerprint density at radius 3 is 1.43 bits per heavy atom. The van der Waals surface area contributed by atoms with E-state index in [4.69, 9.17) is 15.0 Å².